The molecule has 0 aliphatic rings. The molecular formula is C24H18F6N2O4S. The maximum atomic E-state index is 13.5. The van der Waals surface area contributed by atoms with Gasteiger partial charge in [-0.25, -0.2) is 8.42 Å². The molecule has 196 valence electrons. The molecule has 0 fully saturated rings. The van der Waals surface area contributed by atoms with Gasteiger partial charge in [0, 0.05) is 5.56 Å². The predicted octanol–water partition coefficient (Wildman–Crippen LogP) is 5.27. The number of methoxy groups -OCH3 is 1. The number of sulfonamides is 1. The van der Waals surface area contributed by atoms with E-state index in [1.165, 1.54) is 49.6 Å². The van der Waals surface area contributed by atoms with E-state index in [2.05, 4.69) is 0 Å². The van der Waals surface area contributed by atoms with Crippen molar-refractivity contribution in [3.8, 4) is 11.8 Å². The topological polar surface area (TPSA) is 90.6 Å². The molecule has 0 aromatic heterocycles. The van der Waals surface area contributed by atoms with Gasteiger partial charge in [-0.05, 0) is 48.0 Å². The molecule has 1 N–H and O–H groups in total. The summed E-state index contributed by atoms with van der Waals surface area (Å²) in [7, 11) is -3.05. The van der Waals surface area contributed by atoms with Gasteiger partial charge in [0.1, 0.15) is 5.75 Å². The van der Waals surface area contributed by atoms with Gasteiger partial charge in [0.15, 0.2) is 0 Å². The van der Waals surface area contributed by atoms with Crippen molar-refractivity contribution < 1.29 is 44.6 Å². The van der Waals surface area contributed by atoms with Crippen LogP contribution in [0.25, 0.3) is 0 Å². The first-order valence-electron chi connectivity index (χ1n) is 10.3. The Kier molecular flexibility index (Phi) is 7.48. The van der Waals surface area contributed by atoms with Crippen LogP contribution in [0.3, 0.4) is 0 Å². The van der Waals surface area contributed by atoms with Gasteiger partial charge in [-0.1, -0.05) is 30.3 Å². The van der Waals surface area contributed by atoms with Crippen molar-refractivity contribution in [1.82, 2.24) is 0 Å². The first-order valence-corrected chi connectivity index (χ1v) is 11.7. The lowest BCUT2D eigenvalue weighted by Gasteiger charge is -2.33. The Morgan fingerprint density at radius 2 is 1.49 bits per heavy atom. The number of nitrogens with zero attached hydrogens (tertiary/aromatic N) is 2. The molecule has 0 heterocycles. The van der Waals surface area contributed by atoms with Crippen LogP contribution in [0.4, 0.5) is 32.0 Å². The fourth-order valence-corrected chi connectivity index (χ4v) is 4.92. The van der Waals surface area contributed by atoms with E-state index in [0.717, 1.165) is 22.5 Å². The first kappa shape index (κ1) is 27.8. The monoisotopic (exact) mass is 544 g/mol. The second-order valence-corrected chi connectivity index (χ2v) is 9.61. The quantitative estimate of drug-likeness (QED) is 0.409. The minimum Gasteiger partial charge on any atom is -0.497 e. The van der Waals surface area contributed by atoms with Crippen molar-refractivity contribution in [2.45, 2.75) is 29.4 Å². The van der Waals surface area contributed by atoms with Crippen LogP contribution in [0, 0.1) is 11.3 Å². The molecule has 3 aromatic carbocycles. The molecule has 0 radical (unpaired) electrons. The van der Waals surface area contributed by atoms with Crippen molar-refractivity contribution in [3.05, 3.63) is 89.5 Å². The number of hydrogen-bond donors (Lipinski definition) is 1. The normalized spacial score (nSPS) is 12.6. The Hall–Kier alpha value is -3.76. The van der Waals surface area contributed by atoms with E-state index in [1.54, 1.807) is 6.07 Å². The molecular weight excluding hydrogens is 526 g/mol. The molecule has 3 aromatic rings. The van der Waals surface area contributed by atoms with Gasteiger partial charge in [0.25, 0.3) is 15.6 Å². The van der Waals surface area contributed by atoms with E-state index >= 15 is 0 Å². The Balaban J connectivity index is 2.14. The highest BCUT2D eigenvalue weighted by atomic mass is 32.2. The standard InChI is InChI=1S/C24H18F6N2O4S/c1-36-20-11-5-16(6-12-20)15-32(37(34,35)21-4-2-3-17(13-21)14-31)19-9-7-18(8-10-19)22(33,23(25,26)27)24(28,29)30/h2-13,33H,15H2,1H3. The SMILES string of the molecule is COc1ccc(CN(c2ccc(C(O)(C(F)(F)F)C(F)(F)F)cc2)S(=O)(=O)c2cccc(C#N)c2)cc1. The largest absolute Gasteiger partial charge is 0.497 e. The summed E-state index contributed by atoms with van der Waals surface area (Å²) in [5, 5.41) is 18.8. The molecule has 0 spiro atoms. The lowest BCUT2D eigenvalue weighted by molar-refractivity contribution is -0.376. The second kappa shape index (κ2) is 9.95. The third kappa shape index (κ3) is 5.35. The van der Waals surface area contributed by atoms with E-state index in [1.807, 2.05) is 0 Å². The number of ether oxygens (including phenoxy) is 1. The number of nitriles is 1. The highest BCUT2D eigenvalue weighted by Crippen LogP contribution is 2.50. The fraction of sp³-hybridized carbons (Fsp3) is 0.208. The van der Waals surface area contributed by atoms with Gasteiger partial charge in [0.05, 0.1) is 35.9 Å². The van der Waals surface area contributed by atoms with Crippen LogP contribution >= 0.6 is 0 Å². The van der Waals surface area contributed by atoms with E-state index in [9.17, 15) is 39.9 Å². The van der Waals surface area contributed by atoms with Gasteiger partial charge in [-0.3, -0.25) is 4.31 Å². The summed E-state index contributed by atoms with van der Waals surface area (Å²) >= 11 is 0. The van der Waals surface area contributed by atoms with E-state index < -0.39 is 33.5 Å². The smallest absolute Gasteiger partial charge is 0.430 e. The minimum absolute atomic E-state index is 0.0150. The lowest BCUT2D eigenvalue weighted by atomic mass is 9.92. The number of benzene rings is 3. The number of aliphatic hydroxyl groups is 1. The number of anilines is 1. The zero-order valence-corrected chi connectivity index (χ0v) is 19.7. The highest BCUT2D eigenvalue weighted by Gasteiger charge is 2.71. The predicted molar refractivity (Wildman–Crippen MR) is 120 cm³/mol. The van der Waals surface area contributed by atoms with Crippen LogP contribution in [-0.2, 0) is 22.2 Å². The highest BCUT2D eigenvalue weighted by molar-refractivity contribution is 7.92. The zero-order valence-electron chi connectivity index (χ0n) is 18.9. The number of halogens is 6. The van der Waals surface area contributed by atoms with Crippen LogP contribution < -0.4 is 9.04 Å². The van der Waals surface area contributed by atoms with Crippen molar-refractivity contribution in [2.24, 2.45) is 0 Å². The maximum Gasteiger partial charge on any atom is 0.430 e. The molecule has 0 aliphatic carbocycles. The minimum atomic E-state index is -6.10. The lowest BCUT2D eigenvalue weighted by Crippen LogP contribution is -2.53. The van der Waals surface area contributed by atoms with E-state index in [0.29, 0.717) is 23.4 Å². The average Bonchev–Trinajstić information content (AvgIpc) is 2.86. The first-order chi connectivity index (χ1) is 17.1. The van der Waals surface area contributed by atoms with E-state index in [-0.39, 0.29) is 22.7 Å². The Labute approximate surface area is 208 Å². The fourth-order valence-electron chi connectivity index (χ4n) is 3.42. The summed E-state index contributed by atoms with van der Waals surface area (Å²) in [5.41, 5.74) is -6.56. The summed E-state index contributed by atoms with van der Waals surface area (Å²) in [6, 6.07) is 15.0. The molecule has 37 heavy (non-hydrogen) atoms. The molecule has 0 aliphatic heterocycles. The van der Waals surface area contributed by atoms with Gasteiger partial charge in [-0.2, -0.15) is 31.6 Å². The van der Waals surface area contributed by atoms with Crippen LogP contribution in [0.15, 0.2) is 77.7 Å². The molecule has 0 saturated heterocycles. The van der Waals surface area contributed by atoms with Gasteiger partial charge < -0.3 is 9.84 Å². The molecule has 13 heteroatoms. The Bertz CT molecular complexity index is 1380. The molecule has 0 bridgehead atoms. The van der Waals surface area contributed by atoms with Crippen LogP contribution in [0.2, 0.25) is 0 Å². The van der Waals surface area contributed by atoms with Crippen LogP contribution in [0.1, 0.15) is 16.7 Å². The maximum absolute atomic E-state index is 13.5. The van der Waals surface area contributed by atoms with Crippen molar-refractivity contribution in [1.29, 1.82) is 5.26 Å². The Morgan fingerprint density at radius 1 is 0.919 bits per heavy atom. The van der Waals surface area contributed by atoms with Gasteiger partial charge in [0.2, 0.25) is 0 Å². The summed E-state index contributed by atoms with van der Waals surface area (Å²) in [6.07, 6.45) is -12.2. The molecule has 0 atom stereocenters. The third-order valence-electron chi connectivity index (χ3n) is 5.43. The number of rotatable bonds is 7. The van der Waals surface area contributed by atoms with Crippen molar-refractivity contribution in [2.75, 3.05) is 11.4 Å². The Morgan fingerprint density at radius 3 is 1.97 bits per heavy atom. The van der Waals surface area contributed by atoms with Crippen LogP contribution in [0.5, 0.6) is 5.75 Å². The second-order valence-electron chi connectivity index (χ2n) is 7.75. The third-order valence-corrected chi connectivity index (χ3v) is 7.20. The molecule has 0 amide bonds. The zero-order chi connectivity index (χ0) is 27.6. The van der Waals surface area contributed by atoms with E-state index in [4.69, 9.17) is 10.00 Å². The molecule has 3 rings (SSSR count). The molecule has 0 unspecified atom stereocenters. The van der Waals surface area contributed by atoms with Gasteiger partial charge >= 0.3 is 12.4 Å². The summed E-state index contributed by atoms with van der Waals surface area (Å²) in [5.74, 6) is 0.461. The summed E-state index contributed by atoms with van der Waals surface area (Å²) in [4.78, 5) is -0.328. The number of alkyl halides is 6. The van der Waals surface area contributed by atoms with Gasteiger partial charge in [-0.15, -0.1) is 0 Å². The average molecular weight is 544 g/mol. The van der Waals surface area contributed by atoms with Crippen LogP contribution in [-0.4, -0.2) is 33.0 Å². The number of hydrogen-bond acceptors (Lipinski definition) is 5. The summed E-state index contributed by atoms with van der Waals surface area (Å²) < 4.78 is 112. The van der Waals surface area contributed by atoms with Crippen molar-refractivity contribution in [3.63, 3.8) is 0 Å². The molecule has 6 nitrogen and oxygen atoms in total. The van der Waals surface area contributed by atoms with Crippen molar-refractivity contribution >= 4 is 15.7 Å². The summed E-state index contributed by atoms with van der Waals surface area (Å²) in [6.45, 7) is -0.370. The molecule has 0 saturated carbocycles.